The smallest absolute Gasteiger partial charge is 0.291 e. The molecule has 1 aromatic heterocycles. The molecule has 1 amide bonds. The van der Waals surface area contributed by atoms with Crippen molar-refractivity contribution in [2.24, 2.45) is 5.10 Å². The minimum Gasteiger partial charge on any atom is -0.504 e. The van der Waals surface area contributed by atoms with E-state index in [1.807, 2.05) is 0 Å². The van der Waals surface area contributed by atoms with Crippen LogP contribution in [0.4, 0.5) is 0 Å². The van der Waals surface area contributed by atoms with Crippen molar-refractivity contribution in [1.82, 2.24) is 15.2 Å². The molecule has 2 N–H and O–H groups in total. The summed E-state index contributed by atoms with van der Waals surface area (Å²) in [5, 5.41) is 19.1. The predicted octanol–water partition coefficient (Wildman–Crippen LogP) is 3.72. The third-order valence-electron chi connectivity index (χ3n) is 3.84. The van der Waals surface area contributed by atoms with Crippen LogP contribution in [0.25, 0.3) is 0 Å². The Bertz CT molecular complexity index is 1030. The fraction of sp³-hybridized carbons (Fsp3) is 0.105. The molecule has 28 heavy (non-hydrogen) atoms. The number of amides is 1. The second-order valence-corrected chi connectivity index (χ2v) is 6.58. The molecular weight excluding hydrogens is 403 g/mol. The number of ether oxygens (including phenoxy) is 1. The summed E-state index contributed by atoms with van der Waals surface area (Å²) in [7, 11) is 1.45. The minimum absolute atomic E-state index is 0.0629. The normalized spacial score (nSPS) is 11.0. The second kappa shape index (κ2) is 8.77. The van der Waals surface area contributed by atoms with E-state index in [-0.39, 0.29) is 11.4 Å². The maximum Gasteiger partial charge on any atom is 0.291 e. The molecule has 0 spiro atoms. The van der Waals surface area contributed by atoms with Crippen LogP contribution >= 0.6 is 23.2 Å². The summed E-state index contributed by atoms with van der Waals surface area (Å²) in [5.74, 6) is -0.235. The molecule has 9 heteroatoms. The van der Waals surface area contributed by atoms with Gasteiger partial charge in [-0.05, 0) is 35.9 Å². The van der Waals surface area contributed by atoms with Crippen LogP contribution in [-0.4, -0.2) is 34.1 Å². The number of rotatable bonds is 6. The zero-order chi connectivity index (χ0) is 20.1. The van der Waals surface area contributed by atoms with Crippen molar-refractivity contribution in [2.75, 3.05) is 7.11 Å². The summed E-state index contributed by atoms with van der Waals surface area (Å²) in [4.78, 5) is 12.2. The molecule has 0 fully saturated rings. The minimum atomic E-state index is -0.486. The molecule has 144 valence electrons. The van der Waals surface area contributed by atoms with E-state index in [0.717, 1.165) is 5.56 Å². The summed E-state index contributed by atoms with van der Waals surface area (Å²) in [6.45, 7) is 0.393. The number of nitrogens with zero attached hydrogens (tertiary/aromatic N) is 3. The van der Waals surface area contributed by atoms with Gasteiger partial charge in [0.2, 0.25) is 0 Å². The Balaban J connectivity index is 1.64. The van der Waals surface area contributed by atoms with Crippen LogP contribution in [0.3, 0.4) is 0 Å². The predicted molar refractivity (Wildman–Crippen MR) is 108 cm³/mol. The summed E-state index contributed by atoms with van der Waals surface area (Å²) >= 11 is 12.0. The van der Waals surface area contributed by atoms with Crippen molar-refractivity contribution >= 4 is 35.3 Å². The topological polar surface area (TPSA) is 88.7 Å². The maximum atomic E-state index is 12.2. The molecular formula is C19H16Cl2N4O3. The number of aromatic nitrogens is 2. The highest BCUT2D eigenvalue weighted by molar-refractivity contribution is 6.35. The lowest BCUT2D eigenvalue weighted by atomic mass is 10.2. The summed E-state index contributed by atoms with van der Waals surface area (Å²) < 4.78 is 6.61. The first-order chi connectivity index (χ1) is 13.5. The van der Waals surface area contributed by atoms with Gasteiger partial charge in [0, 0.05) is 21.8 Å². The number of para-hydroxylation sites is 1. The van der Waals surface area contributed by atoms with E-state index in [4.69, 9.17) is 27.9 Å². The SMILES string of the molecule is COc1cccc(/C=N\NC(=O)c2ccn(Cc3ccc(Cl)cc3Cl)n2)c1O. The summed E-state index contributed by atoms with van der Waals surface area (Å²) in [5.41, 5.74) is 3.79. The molecule has 0 atom stereocenters. The summed E-state index contributed by atoms with van der Waals surface area (Å²) in [6.07, 6.45) is 2.98. The highest BCUT2D eigenvalue weighted by Crippen LogP contribution is 2.28. The van der Waals surface area contributed by atoms with Crippen LogP contribution in [0.2, 0.25) is 10.0 Å². The third kappa shape index (κ3) is 4.62. The molecule has 0 unspecified atom stereocenters. The number of aromatic hydroxyl groups is 1. The Hall–Kier alpha value is -3.03. The van der Waals surface area contributed by atoms with Crippen LogP contribution in [0.15, 0.2) is 53.8 Å². The maximum absolute atomic E-state index is 12.2. The number of nitrogens with one attached hydrogen (secondary N) is 1. The van der Waals surface area contributed by atoms with Crippen molar-refractivity contribution in [1.29, 1.82) is 0 Å². The lowest BCUT2D eigenvalue weighted by Crippen LogP contribution is -2.18. The largest absolute Gasteiger partial charge is 0.504 e. The van der Waals surface area contributed by atoms with Crippen LogP contribution in [0.1, 0.15) is 21.6 Å². The van der Waals surface area contributed by atoms with Gasteiger partial charge < -0.3 is 9.84 Å². The Morgan fingerprint density at radius 1 is 1.32 bits per heavy atom. The van der Waals surface area contributed by atoms with Crippen molar-refractivity contribution in [3.05, 3.63) is 75.5 Å². The van der Waals surface area contributed by atoms with Crippen LogP contribution in [0.5, 0.6) is 11.5 Å². The van der Waals surface area contributed by atoms with Gasteiger partial charge in [-0.15, -0.1) is 0 Å². The monoisotopic (exact) mass is 418 g/mol. The van der Waals surface area contributed by atoms with Crippen molar-refractivity contribution in [2.45, 2.75) is 6.54 Å². The average Bonchev–Trinajstić information content (AvgIpc) is 3.14. The number of hydrogen-bond acceptors (Lipinski definition) is 5. The van der Waals surface area contributed by atoms with Gasteiger partial charge in [-0.25, -0.2) is 5.43 Å². The number of hydrazone groups is 1. The van der Waals surface area contributed by atoms with Gasteiger partial charge in [-0.1, -0.05) is 35.3 Å². The summed E-state index contributed by atoms with van der Waals surface area (Å²) in [6, 6.07) is 11.7. The molecule has 1 heterocycles. The lowest BCUT2D eigenvalue weighted by molar-refractivity contribution is 0.0949. The van der Waals surface area contributed by atoms with E-state index in [0.29, 0.717) is 27.9 Å². The lowest BCUT2D eigenvalue weighted by Gasteiger charge is -2.05. The van der Waals surface area contributed by atoms with Gasteiger partial charge in [0.15, 0.2) is 17.2 Å². The van der Waals surface area contributed by atoms with Gasteiger partial charge in [-0.2, -0.15) is 10.2 Å². The number of halogens is 2. The van der Waals surface area contributed by atoms with Crippen LogP contribution in [-0.2, 0) is 6.54 Å². The Morgan fingerprint density at radius 2 is 2.14 bits per heavy atom. The van der Waals surface area contributed by atoms with Gasteiger partial charge in [-0.3, -0.25) is 9.48 Å². The quantitative estimate of drug-likeness (QED) is 0.471. The highest BCUT2D eigenvalue weighted by atomic mass is 35.5. The number of phenols is 1. The number of hydrogen-bond donors (Lipinski definition) is 2. The number of phenolic OH excluding ortho intramolecular Hbond substituents is 1. The number of methoxy groups -OCH3 is 1. The second-order valence-electron chi connectivity index (χ2n) is 5.73. The molecule has 0 aliphatic rings. The Labute approximate surface area is 171 Å². The number of benzene rings is 2. The van der Waals surface area contributed by atoms with E-state index in [2.05, 4.69) is 15.6 Å². The molecule has 2 aromatic carbocycles. The van der Waals surface area contributed by atoms with Gasteiger partial charge in [0.05, 0.1) is 19.9 Å². The molecule has 0 aliphatic carbocycles. The van der Waals surface area contributed by atoms with E-state index in [1.54, 1.807) is 53.3 Å². The first-order valence-corrected chi connectivity index (χ1v) is 8.90. The first kappa shape index (κ1) is 19.7. The molecule has 3 aromatic rings. The molecule has 0 bridgehead atoms. The van der Waals surface area contributed by atoms with Gasteiger partial charge >= 0.3 is 0 Å². The van der Waals surface area contributed by atoms with E-state index < -0.39 is 5.91 Å². The van der Waals surface area contributed by atoms with E-state index in [1.165, 1.54) is 13.3 Å². The van der Waals surface area contributed by atoms with Crippen LogP contribution in [0, 0.1) is 0 Å². The zero-order valence-electron chi connectivity index (χ0n) is 14.8. The third-order valence-corrected chi connectivity index (χ3v) is 4.43. The fourth-order valence-corrected chi connectivity index (χ4v) is 2.89. The Morgan fingerprint density at radius 3 is 2.89 bits per heavy atom. The van der Waals surface area contributed by atoms with E-state index >= 15 is 0 Å². The van der Waals surface area contributed by atoms with Crippen molar-refractivity contribution < 1.29 is 14.6 Å². The van der Waals surface area contributed by atoms with Crippen molar-refractivity contribution in [3.8, 4) is 11.5 Å². The number of carbonyl (C=O) groups is 1. The molecule has 0 radical (unpaired) electrons. The molecule has 3 rings (SSSR count). The molecule has 0 aliphatic heterocycles. The fourth-order valence-electron chi connectivity index (χ4n) is 2.42. The standard InChI is InChI=1S/C19H16Cl2N4O3/c1-28-17-4-2-3-12(18(17)26)10-22-23-19(27)16-7-8-25(24-16)11-13-5-6-14(20)9-15(13)21/h2-10,26H,11H2,1H3,(H,23,27)/b22-10-. The van der Waals surface area contributed by atoms with Gasteiger partial charge in [0.1, 0.15) is 0 Å². The average molecular weight is 419 g/mol. The zero-order valence-corrected chi connectivity index (χ0v) is 16.3. The van der Waals surface area contributed by atoms with Crippen LogP contribution < -0.4 is 10.2 Å². The number of carbonyl (C=O) groups excluding carboxylic acids is 1. The molecule has 0 saturated carbocycles. The van der Waals surface area contributed by atoms with E-state index in [9.17, 15) is 9.90 Å². The Kier molecular flexibility index (Phi) is 6.18. The highest BCUT2D eigenvalue weighted by Gasteiger charge is 2.10. The van der Waals surface area contributed by atoms with Gasteiger partial charge in [0.25, 0.3) is 5.91 Å². The molecule has 7 nitrogen and oxygen atoms in total. The molecule has 0 saturated heterocycles. The van der Waals surface area contributed by atoms with Crippen molar-refractivity contribution in [3.63, 3.8) is 0 Å². The first-order valence-electron chi connectivity index (χ1n) is 8.14.